The molecule has 1 unspecified atom stereocenters. The second-order valence-electron chi connectivity index (χ2n) is 5.21. The van der Waals surface area contributed by atoms with Crippen LogP contribution in [0.5, 0.6) is 0 Å². The van der Waals surface area contributed by atoms with Gasteiger partial charge >= 0.3 is 0 Å². The highest BCUT2D eigenvalue weighted by molar-refractivity contribution is 6.30. The molecule has 0 aliphatic rings. The summed E-state index contributed by atoms with van der Waals surface area (Å²) in [6.07, 6.45) is 2.10. The molecule has 2 aromatic carbocycles. The van der Waals surface area contributed by atoms with Gasteiger partial charge in [-0.25, -0.2) is 0 Å². The average Bonchev–Trinajstić information content (AvgIpc) is 2.53. The smallest absolute Gasteiger partial charge is 0.0626 e. The summed E-state index contributed by atoms with van der Waals surface area (Å²) in [4.78, 5) is 0. The number of rotatable bonds is 7. The Morgan fingerprint density at radius 3 is 2.14 bits per heavy atom. The lowest BCUT2D eigenvalue weighted by Crippen LogP contribution is -2.29. The Morgan fingerprint density at radius 1 is 0.952 bits per heavy atom. The van der Waals surface area contributed by atoms with Crippen LogP contribution < -0.4 is 5.32 Å². The van der Waals surface area contributed by atoms with Gasteiger partial charge in [-0.05, 0) is 29.7 Å². The van der Waals surface area contributed by atoms with Crippen molar-refractivity contribution in [2.75, 3.05) is 6.61 Å². The first kappa shape index (κ1) is 16.0. The van der Waals surface area contributed by atoms with Crippen molar-refractivity contribution < 1.29 is 5.11 Å². The summed E-state index contributed by atoms with van der Waals surface area (Å²) in [6, 6.07) is 18.1. The van der Waals surface area contributed by atoms with Crippen LogP contribution >= 0.6 is 11.6 Å². The van der Waals surface area contributed by atoms with E-state index in [1.54, 1.807) is 0 Å². The summed E-state index contributed by atoms with van der Waals surface area (Å²) in [5.41, 5.74) is 2.31. The highest BCUT2D eigenvalue weighted by atomic mass is 35.5. The summed E-state index contributed by atoms with van der Waals surface area (Å²) in [5.74, 6) is 0. The molecule has 0 aromatic heterocycles. The summed E-state index contributed by atoms with van der Waals surface area (Å²) in [5, 5.41) is 14.0. The molecule has 0 amide bonds. The van der Waals surface area contributed by atoms with E-state index in [2.05, 4.69) is 24.4 Å². The van der Waals surface area contributed by atoms with Gasteiger partial charge in [0.1, 0.15) is 0 Å². The lowest BCUT2D eigenvalue weighted by Gasteiger charge is -2.25. The fraction of sp³-hybridized carbons (Fsp3) is 0.333. The Bertz CT molecular complexity index is 527. The number of hydrogen-bond donors (Lipinski definition) is 2. The number of benzene rings is 2. The van der Waals surface area contributed by atoms with E-state index in [9.17, 15) is 5.11 Å². The molecule has 21 heavy (non-hydrogen) atoms. The molecule has 2 atom stereocenters. The Morgan fingerprint density at radius 2 is 1.57 bits per heavy atom. The molecule has 0 spiro atoms. The van der Waals surface area contributed by atoms with Crippen LogP contribution in [0.2, 0.25) is 5.02 Å². The van der Waals surface area contributed by atoms with E-state index >= 15 is 0 Å². The second kappa shape index (κ2) is 8.18. The van der Waals surface area contributed by atoms with Crippen LogP contribution in [0.15, 0.2) is 54.6 Å². The maximum atomic E-state index is 9.70. The third kappa shape index (κ3) is 4.57. The molecule has 2 nitrogen and oxygen atoms in total. The van der Waals surface area contributed by atoms with Crippen molar-refractivity contribution in [2.24, 2.45) is 0 Å². The van der Waals surface area contributed by atoms with Crippen molar-refractivity contribution in [1.29, 1.82) is 0 Å². The zero-order valence-corrected chi connectivity index (χ0v) is 13.1. The molecular formula is C18H22ClNO. The van der Waals surface area contributed by atoms with E-state index in [0.29, 0.717) is 0 Å². The first-order valence-corrected chi connectivity index (χ1v) is 7.79. The zero-order valence-electron chi connectivity index (χ0n) is 12.3. The van der Waals surface area contributed by atoms with Crippen molar-refractivity contribution in [3.8, 4) is 0 Å². The van der Waals surface area contributed by atoms with E-state index < -0.39 is 0 Å². The minimum atomic E-state index is -0.0570. The van der Waals surface area contributed by atoms with Crippen LogP contribution in [-0.2, 0) is 0 Å². The minimum Gasteiger partial charge on any atom is -0.394 e. The van der Waals surface area contributed by atoms with Gasteiger partial charge < -0.3 is 10.4 Å². The minimum absolute atomic E-state index is 0.0570. The van der Waals surface area contributed by atoms with Crippen molar-refractivity contribution in [3.05, 3.63) is 70.7 Å². The third-order valence-corrected chi connectivity index (χ3v) is 3.89. The number of nitrogens with one attached hydrogen (secondary N) is 1. The Hall–Kier alpha value is -1.35. The molecule has 0 fully saturated rings. The number of aliphatic hydroxyl groups is 1. The Balaban J connectivity index is 2.16. The van der Waals surface area contributed by atoms with Crippen LogP contribution in [-0.4, -0.2) is 11.7 Å². The summed E-state index contributed by atoms with van der Waals surface area (Å²) in [6.45, 7) is 2.25. The molecule has 2 aromatic rings. The molecule has 0 aliphatic carbocycles. The predicted molar refractivity (Wildman–Crippen MR) is 88.5 cm³/mol. The molecule has 3 heteroatoms. The molecular weight excluding hydrogens is 282 g/mol. The highest BCUT2D eigenvalue weighted by Gasteiger charge is 2.17. The topological polar surface area (TPSA) is 32.3 Å². The van der Waals surface area contributed by atoms with Crippen molar-refractivity contribution >= 4 is 11.6 Å². The second-order valence-corrected chi connectivity index (χ2v) is 5.64. The summed E-state index contributed by atoms with van der Waals surface area (Å²) < 4.78 is 0. The highest BCUT2D eigenvalue weighted by Crippen LogP contribution is 2.24. The van der Waals surface area contributed by atoms with Crippen LogP contribution in [0.25, 0.3) is 0 Å². The van der Waals surface area contributed by atoms with Crippen molar-refractivity contribution in [2.45, 2.75) is 31.8 Å². The third-order valence-electron chi connectivity index (χ3n) is 3.64. The van der Waals surface area contributed by atoms with E-state index in [1.165, 1.54) is 5.56 Å². The van der Waals surface area contributed by atoms with Crippen LogP contribution in [0.4, 0.5) is 0 Å². The van der Waals surface area contributed by atoms with E-state index in [4.69, 9.17) is 11.6 Å². The standard InChI is InChI=1S/C18H22ClNO/c1-2-6-17(15-9-11-16(19)12-10-15)20-18(13-21)14-7-4-3-5-8-14/h3-5,7-12,17-18,20-21H,2,6,13H2,1H3/t17?,18-/m1/s1. The lowest BCUT2D eigenvalue weighted by atomic mass is 9.99. The van der Waals surface area contributed by atoms with Gasteiger partial charge in [-0.1, -0.05) is 67.4 Å². The summed E-state index contributed by atoms with van der Waals surface area (Å²) in [7, 11) is 0. The van der Waals surface area contributed by atoms with Crippen LogP contribution in [0, 0.1) is 0 Å². The largest absolute Gasteiger partial charge is 0.394 e. The average molecular weight is 304 g/mol. The van der Waals surface area contributed by atoms with Gasteiger partial charge in [0.15, 0.2) is 0 Å². The molecule has 0 saturated carbocycles. The SMILES string of the molecule is CCCC(N[C@H](CO)c1ccccc1)c1ccc(Cl)cc1. The predicted octanol–water partition coefficient (Wildman–Crippen LogP) is 4.50. The van der Waals surface area contributed by atoms with Gasteiger partial charge in [-0.2, -0.15) is 0 Å². The Kier molecular flexibility index (Phi) is 6.24. The van der Waals surface area contributed by atoms with Crippen LogP contribution in [0.1, 0.15) is 43.0 Å². The van der Waals surface area contributed by atoms with E-state index in [0.717, 1.165) is 23.4 Å². The van der Waals surface area contributed by atoms with Gasteiger partial charge in [0.25, 0.3) is 0 Å². The first-order valence-electron chi connectivity index (χ1n) is 7.42. The maximum Gasteiger partial charge on any atom is 0.0626 e. The van der Waals surface area contributed by atoms with Crippen molar-refractivity contribution in [3.63, 3.8) is 0 Å². The van der Waals surface area contributed by atoms with Crippen LogP contribution in [0.3, 0.4) is 0 Å². The lowest BCUT2D eigenvalue weighted by molar-refractivity contribution is 0.230. The van der Waals surface area contributed by atoms with Gasteiger partial charge in [-0.15, -0.1) is 0 Å². The fourth-order valence-electron chi connectivity index (χ4n) is 2.51. The quantitative estimate of drug-likeness (QED) is 0.789. The van der Waals surface area contributed by atoms with Gasteiger partial charge in [0, 0.05) is 11.1 Å². The molecule has 0 heterocycles. The van der Waals surface area contributed by atoms with Gasteiger partial charge in [0.05, 0.1) is 12.6 Å². The number of aliphatic hydroxyl groups excluding tert-OH is 1. The normalized spacial score (nSPS) is 13.9. The molecule has 0 aliphatic heterocycles. The molecule has 2 rings (SSSR count). The monoisotopic (exact) mass is 303 g/mol. The van der Waals surface area contributed by atoms with E-state index in [1.807, 2.05) is 42.5 Å². The Labute approximate surface area is 131 Å². The molecule has 0 bridgehead atoms. The zero-order chi connectivity index (χ0) is 15.1. The summed E-state index contributed by atoms with van der Waals surface area (Å²) >= 11 is 5.96. The number of halogens is 1. The molecule has 0 saturated heterocycles. The molecule has 2 N–H and O–H groups in total. The molecule has 0 radical (unpaired) electrons. The first-order chi connectivity index (χ1) is 10.2. The number of hydrogen-bond acceptors (Lipinski definition) is 2. The maximum absolute atomic E-state index is 9.70. The van der Waals surface area contributed by atoms with E-state index in [-0.39, 0.29) is 18.7 Å². The van der Waals surface area contributed by atoms with Gasteiger partial charge in [-0.3, -0.25) is 0 Å². The van der Waals surface area contributed by atoms with Gasteiger partial charge in [0.2, 0.25) is 0 Å². The fourth-order valence-corrected chi connectivity index (χ4v) is 2.64. The molecule has 112 valence electrons. The van der Waals surface area contributed by atoms with Crippen molar-refractivity contribution in [1.82, 2.24) is 5.32 Å².